The molecule has 2 heteroatoms. The molecule has 1 N–H and O–H groups in total. The standard InChI is InChI=1S/C22H33NO/c1-4-23-12-20(3)7-5-8-22-16(20)11-15(18(22)23)21-9-6-14(10-17(21)22)13(2)19(21)24/h14-19,24H,2,4-12H2,1,3H3. The van der Waals surface area contributed by atoms with Crippen molar-refractivity contribution in [3.05, 3.63) is 12.2 Å². The zero-order valence-corrected chi connectivity index (χ0v) is 15.4. The maximum absolute atomic E-state index is 11.4. The molecule has 6 aliphatic carbocycles. The second-order valence-corrected chi connectivity index (χ2v) is 10.6. The molecule has 7 aliphatic rings. The van der Waals surface area contributed by atoms with Crippen LogP contribution in [0.15, 0.2) is 12.2 Å². The van der Waals surface area contributed by atoms with Gasteiger partial charge < -0.3 is 5.11 Å². The Labute approximate surface area is 146 Å². The van der Waals surface area contributed by atoms with Gasteiger partial charge in [-0.2, -0.15) is 0 Å². The molecule has 2 spiro atoms. The van der Waals surface area contributed by atoms with Crippen LogP contribution in [0, 0.1) is 39.9 Å². The number of likely N-dealkylation sites (tertiary alicyclic amines) is 1. The molecule has 9 unspecified atom stereocenters. The van der Waals surface area contributed by atoms with Gasteiger partial charge in [0.25, 0.3) is 0 Å². The molecule has 0 aromatic heterocycles. The minimum atomic E-state index is -0.201. The summed E-state index contributed by atoms with van der Waals surface area (Å²) in [6, 6.07) is 0.769. The fraction of sp³-hybridized carbons (Fsp3) is 0.909. The first kappa shape index (κ1) is 14.8. The molecular formula is C22H33NO. The summed E-state index contributed by atoms with van der Waals surface area (Å²) in [5.41, 5.74) is 2.48. The van der Waals surface area contributed by atoms with E-state index in [2.05, 4.69) is 25.3 Å². The van der Waals surface area contributed by atoms with E-state index in [4.69, 9.17) is 0 Å². The van der Waals surface area contributed by atoms with Crippen molar-refractivity contribution in [3.63, 3.8) is 0 Å². The van der Waals surface area contributed by atoms with Crippen LogP contribution in [0.4, 0.5) is 0 Å². The Morgan fingerprint density at radius 3 is 2.79 bits per heavy atom. The van der Waals surface area contributed by atoms with Crippen molar-refractivity contribution in [1.29, 1.82) is 0 Å². The van der Waals surface area contributed by atoms with Crippen molar-refractivity contribution >= 4 is 0 Å². The Hall–Kier alpha value is -0.340. The molecule has 1 saturated heterocycles. The first-order valence-electron chi connectivity index (χ1n) is 10.6. The van der Waals surface area contributed by atoms with Crippen LogP contribution >= 0.6 is 0 Å². The lowest BCUT2D eigenvalue weighted by Gasteiger charge is -2.67. The first-order chi connectivity index (χ1) is 11.5. The molecule has 24 heavy (non-hydrogen) atoms. The number of fused-ring (bicyclic) bond motifs is 2. The van der Waals surface area contributed by atoms with Crippen molar-refractivity contribution < 1.29 is 5.11 Å². The Bertz CT molecular complexity index is 629. The normalized spacial score (nSPS) is 63.7. The van der Waals surface area contributed by atoms with Crippen LogP contribution in [0.3, 0.4) is 0 Å². The minimum absolute atomic E-state index is 0.197. The van der Waals surface area contributed by atoms with E-state index >= 15 is 0 Å². The highest BCUT2D eigenvalue weighted by Crippen LogP contribution is 2.83. The van der Waals surface area contributed by atoms with Crippen LogP contribution in [-0.4, -0.2) is 35.2 Å². The van der Waals surface area contributed by atoms with E-state index in [1.165, 1.54) is 63.6 Å². The van der Waals surface area contributed by atoms with Crippen molar-refractivity contribution in [2.45, 2.75) is 70.9 Å². The minimum Gasteiger partial charge on any atom is -0.388 e. The van der Waals surface area contributed by atoms with Gasteiger partial charge in [-0.1, -0.05) is 26.8 Å². The highest BCUT2D eigenvalue weighted by atomic mass is 16.3. The smallest absolute Gasteiger partial charge is 0.0812 e. The maximum Gasteiger partial charge on any atom is 0.0812 e. The van der Waals surface area contributed by atoms with Crippen LogP contribution in [-0.2, 0) is 0 Å². The molecule has 7 fully saturated rings. The third-order valence-electron chi connectivity index (χ3n) is 10.5. The molecule has 2 nitrogen and oxygen atoms in total. The molecule has 0 radical (unpaired) electrons. The zero-order valence-electron chi connectivity index (χ0n) is 15.4. The number of aliphatic hydroxyl groups is 1. The van der Waals surface area contributed by atoms with Crippen LogP contribution in [0.2, 0.25) is 0 Å². The molecule has 1 aliphatic heterocycles. The molecule has 0 aromatic carbocycles. The largest absolute Gasteiger partial charge is 0.388 e. The van der Waals surface area contributed by atoms with Crippen LogP contribution in [0.5, 0.6) is 0 Å². The molecule has 0 aromatic rings. The van der Waals surface area contributed by atoms with Crippen molar-refractivity contribution in [3.8, 4) is 0 Å². The fourth-order valence-corrected chi connectivity index (χ4v) is 10.0. The number of rotatable bonds is 1. The third-order valence-corrected chi connectivity index (χ3v) is 10.5. The predicted octanol–water partition coefficient (Wildman–Crippen LogP) is 3.85. The number of aliphatic hydroxyl groups excluding tert-OH is 1. The zero-order chi connectivity index (χ0) is 16.5. The molecule has 132 valence electrons. The van der Waals surface area contributed by atoms with E-state index in [0.29, 0.717) is 16.7 Å². The quantitative estimate of drug-likeness (QED) is 0.740. The van der Waals surface area contributed by atoms with E-state index < -0.39 is 0 Å². The van der Waals surface area contributed by atoms with E-state index in [9.17, 15) is 5.11 Å². The van der Waals surface area contributed by atoms with Gasteiger partial charge >= 0.3 is 0 Å². The van der Waals surface area contributed by atoms with Gasteiger partial charge in [0, 0.05) is 18.0 Å². The van der Waals surface area contributed by atoms with Gasteiger partial charge in [-0.25, -0.2) is 0 Å². The van der Waals surface area contributed by atoms with Gasteiger partial charge in [0.2, 0.25) is 0 Å². The Morgan fingerprint density at radius 2 is 2.00 bits per heavy atom. The summed E-state index contributed by atoms with van der Waals surface area (Å²) in [5.74, 6) is 3.07. The van der Waals surface area contributed by atoms with E-state index in [1.807, 2.05) is 0 Å². The number of nitrogens with zero attached hydrogens (tertiary/aromatic N) is 1. The average Bonchev–Trinajstić information content (AvgIpc) is 2.99. The van der Waals surface area contributed by atoms with Crippen molar-refractivity contribution in [2.75, 3.05) is 13.1 Å². The summed E-state index contributed by atoms with van der Waals surface area (Å²) < 4.78 is 0. The molecule has 7 bridgehead atoms. The lowest BCUT2D eigenvalue weighted by atomic mass is 9.40. The summed E-state index contributed by atoms with van der Waals surface area (Å²) in [6.45, 7) is 11.9. The summed E-state index contributed by atoms with van der Waals surface area (Å²) >= 11 is 0. The highest BCUT2D eigenvalue weighted by Gasteiger charge is 2.82. The Morgan fingerprint density at radius 1 is 1.17 bits per heavy atom. The Kier molecular flexibility index (Phi) is 2.55. The lowest BCUT2D eigenvalue weighted by molar-refractivity contribution is -0.186. The number of piperidine rings is 1. The maximum atomic E-state index is 11.4. The van der Waals surface area contributed by atoms with Gasteiger partial charge in [-0.05, 0) is 85.1 Å². The van der Waals surface area contributed by atoms with Gasteiger partial charge in [-0.15, -0.1) is 0 Å². The SMILES string of the molecule is C=C1C2CCC3(C1O)C1CC4C5(C)CCCC4(C1N(CC)C5)C3C2. The molecule has 7 rings (SSSR count). The number of hydrogen-bond donors (Lipinski definition) is 1. The van der Waals surface area contributed by atoms with Crippen molar-refractivity contribution in [1.82, 2.24) is 4.90 Å². The third kappa shape index (κ3) is 1.23. The van der Waals surface area contributed by atoms with Gasteiger partial charge in [-0.3, -0.25) is 4.90 Å². The van der Waals surface area contributed by atoms with E-state index in [-0.39, 0.29) is 11.5 Å². The summed E-state index contributed by atoms with van der Waals surface area (Å²) in [7, 11) is 0. The first-order valence-corrected chi connectivity index (χ1v) is 10.6. The number of hydrogen-bond acceptors (Lipinski definition) is 2. The van der Waals surface area contributed by atoms with Crippen LogP contribution in [0.1, 0.15) is 58.8 Å². The van der Waals surface area contributed by atoms with Crippen LogP contribution < -0.4 is 0 Å². The van der Waals surface area contributed by atoms with Gasteiger partial charge in [0.15, 0.2) is 0 Å². The van der Waals surface area contributed by atoms with E-state index in [0.717, 1.165) is 23.8 Å². The molecule has 9 atom stereocenters. The lowest BCUT2D eigenvalue weighted by Crippen LogP contribution is -2.65. The summed E-state index contributed by atoms with van der Waals surface area (Å²) in [4.78, 5) is 2.88. The Balaban J connectivity index is 1.58. The second-order valence-electron chi connectivity index (χ2n) is 10.6. The summed E-state index contributed by atoms with van der Waals surface area (Å²) in [5, 5.41) is 11.4. The van der Waals surface area contributed by atoms with Crippen molar-refractivity contribution in [2.24, 2.45) is 39.9 Å². The monoisotopic (exact) mass is 327 g/mol. The summed E-state index contributed by atoms with van der Waals surface area (Å²) in [6.07, 6.45) is 9.47. The van der Waals surface area contributed by atoms with E-state index in [1.54, 1.807) is 0 Å². The van der Waals surface area contributed by atoms with Crippen LogP contribution in [0.25, 0.3) is 0 Å². The molecular weight excluding hydrogens is 294 g/mol. The molecule has 6 saturated carbocycles. The molecule has 1 heterocycles. The second kappa shape index (κ2) is 4.14. The topological polar surface area (TPSA) is 23.5 Å². The highest BCUT2D eigenvalue weighted by molar-refractivity contribution is 5.36. The molecule has 0 amide bonds. The fourth-order valence-electron chi connectivity index (χ4n) is 10.0. The van der Waals surface area contributed by atoms with Gasteiger partial charge in [0.1, 0.15) is 0 Å². The predicted molar refractivity (Wildman–Crippen MR) is 95.4 cm³/mol. The average molecular weight is 328 g/mol. The van der Waals surface area contributed by atoms with Gasteiger partial charge in [0.05, 0.1) is 6.10 Å².